The number of rotatable bonds is 8. The lowest BCUT2D eigenvalue weighted by Gasteiger charge is -2.14. The second kappa shape index (κ2) is 17.6. The first kappa shape index (κ1) is 42.8. The van der Waals surface area contributed by atoms with E-state index in [1.807, 2.05) is 36.4 Å². The first-order chi connectivity index (χ1) is 36.6. The fourth-order valence-corrected chi connectivity index (χ4v) is 11.2. The summed E-state index contributed by atoms with van der Waals surface area (Å²) < 4.78 is 0. The van der Waals surface area contributed by atoms with Gasteiger partial charge in [-0.05, 0) is 123 Å². The molecule has 0 amide bonds. The Balaban J connectivity index is 0.803. The molecular weight excluding hydrogens is 897 g/mol. The highest BCUT2D eigenvalue weighted by atomic mass is 15.0. The van der Waals surface area contributed by atoms with E-state index >= 15 is 0 Å². The molecule has 0 spiro atoms. The van der Waals surface area contributed by atoms with Crippen LogP contribution in [0.15, 0.2) is 255 Å². The molecule has 0 N–H and O–H groups in total. The van der Waals surface area contributed by atoms with Crippen molar-refractivity contribution in [1.29, 1.82) is 5.26 Å². The molecule has 0 aliphatic heterocycles. The monoisotopic (exact) mass is 938 g/mol. The van der Waals surface area contributed by atoms with Gasteiger partial charge in [0.05, 0.1) is 5.56 Å². The fraction of sp³-hybridized carbons (Fsp3) is 0. The maximum absolute atomic E-state index is 10.9. The molecule has 12 aromatic carbocycles. The summed E-state index contributed by atoms with van der Waals surface area (Å²) in [6.45, 7) is 0. The Labute approximate surface area is 428 Å². The molecule has 1 aromatic heterocycles. The third-order valence-electron chi connectivity index (χ3n) is 14.7. The summed E-state index contributed by atoms with van der Waals surface area (Å²) in [7, 11) is 0. The molecule has 0 radical (unpaired) electrons. The van der Waals surface area contributed by atoms with E-state index in [2.05, 4.69) is 224 Å². The SMILES string of the molecule is N#Cc1c(-c2cccc(-c3cccc(-c4nc(-c5ccccc5)nc(-c5ccc(-c6ccc7c8c(cccc68)-c6ccccc6-7)cc5)n4)c3)c2)cccc1-c1cccc(-c2cc3ccccc3c3ccccc23)c1. The van der Waals surface area contributed by atoms with Gasteiger partial charge in [-0.3, -0.25) is 0 Å². The molecule has 13 aromatic rings. The summed E-state index contributed by atoms with van der Waals surface area (Å²) in [6.07, 6.45) is 0. The average molecular weight is 939 g/mol. The van der Waals surface area contributed by atoms with Crippen molar-refractivity contribution in [3.8, 4) is 118 Å². The minimum atomic E-state index is 0.585. The minimum absolute atomic E-state index is 0.585. The van der Waals surface area contributed by atoms with Crippen molar-refractivity contribution in [1.82, 2.24) is 15.0 Å². The van der Waals surface area contributed by atoms with Crippen LogP contribution in [0.1, 0.15) is 5.56 Å². The summed E-state index contributed by atoms with van der Waals surface area (Å²) in [6, 6.07) is 92.2. The molecule has 74 heavy (non-hydrogen) atoms. The number of hydrogen-bond donors (Lipinski definition) is 0. The Morgan fingerprint density at radius 1 is 0.243 bits per heavy atom. The van der Waals surface area contributed by atoms with E-state index < -0.39 is 0 Å². The number of fused-ring (bicyclic) bond motifs is 6. The van der Waals surface area contributed by atoms with Crippen molar-refractivity contribution < 1.29 is 0 Å². The van der Waals surface area contributed by atoms with Gasteiger partial charge in [0.2, 0.25) is 0 Å². The number of nitriles is 1. The van der Waals surface area contributed by atoms with Gasteiger partial charge in [-0.25, -0.2) is 15.0 Å². The van der Waals surface area contributed by atoms with Gasteiger partial charge in [0.25, 0.3) is 0 Å². The predicted molar refractivity (Wildman–Crippen MR) is 305 cm³/mol. The van der Waals surface area contributed by atoms with Crippen molar-refractivity contribution >= 4 is 32.3 Å². The highest BCUT2D eigenvalue weighted by Gasteiger charge is 2.23. The van der Waals surface area contributed by atoms with Crippen LogP contribution in [0, 0.1) is 11.3 Å². The maximum Gasteiger partial charge on any atom is 0.164 e. The largest absolute Gasteiger partial charge is 0.208 e. The van der Waals surface area contributed by atoms with Crippen molar-refractivity contribution in [3.63, 3.8) is 0 Å². The van der Waals surface area contributed by atoms with Gasteiger partial charge in [-0.1, -0.05) is 231 Å². The lowest BCUT2D eigenvalue weighted by atomic mass is 9.89. The highest BCUT2D eigenvalue weighted by Crippen LogP contribution is 2.49. The maximum atomic E-state index is 10.9. The number of nitrogens with zero attached hydrogens (tertiary/aromatic N) is 4. The number of aromatic nitrogens is 3. The van der Waals surface area contributed by atoms with Crippen LogP contribution in [0.5, 0.6) is 0 Å². The van der Waals surface area contributed by atoms with E-state index in [0.29, 0.717) is 23.0 Å². The zero-order valence-corrected chi connectivity index (χ0v) is 40.0. The van der Waals surface area contributed by atoms with Crippen LogP contribution in [-0.4, -0.2) is 15.0 Å². The van der Waals surface area contributed by atoms with Crippen LogP contribution in [-0.2, 0) is 0 Å². The predicted octanol–water partition coefficient (Wildman–Crippen LogP) is 18.2. The van der Waals surface area contributed by atoms with E-state index in [0.717, 1.165) is 61.2 Å². The molecule has 14 rings (SSSR count). The van der Waals surface area contributed by atoms with Crippen LogP contribution in [0.25, 0.3) is 144 Å². The van der Waals surface area contributed by atoms with E-state index in [1.54, 1.807) is 0 Å². The third kappa shape index (κ3) is 7.26. The van der Waals surface area contributed by atoms with Crippen molar-refractivity contribution in [3.05, 3.63) is 260 Å². The fourth-order valence-electron chi connectivity index (χ4n) is 11.2. The van der Waals surface area contributed by atoms with Gasteiger partial charge >= 0.3 is 0 Å². The first-order valence-corrected chi connectivity index (χ1v) is 25.0. The van der Waals surface area contributed by atoms with E-state index in [1.165, 1.54) is 65.7 Å². The molecule has 0 fully saturated rings. The summed E-state index contributed by atoms with van der Waals surface area (Å²) in [5.74, 6) is 1.79. The molecule has 1 aliphatic rings. The first-order valence-electron chi connectivity index (χ1n) is 25.0. The molecule has 0 bridgehead atoms. The molecule has 0 saturated heterocycles. The van der Waals surface area contributed by atoms with E-state index in [9.17, 15) is 5.26 Å². The van der Waals surface area contributed by atoms with Gasteiger partial charge in [0.1, 0.15) is 6.07 Å². The van der Waals surface area contributed by atoms with Gasteiger partial charge in [-0.2, -0.15) is 5.26 Å². The molecule has 1 aliphatic carbocycles. The van der Waals surface area contributed by atoms with Crippen molar-refractivity contribution in [2.24, 2.45) is 0 Å². The average Bonchev–Trinajstić information content (AvgIpc) is 3.82. The standard InChI is InChI=1S/C70H42N4/c71-43-66-55(29-13-30-56(66)50-21-12-22-51(41-50)65-42-52-17-4-5-24-54(52)58-25-6-9-28-61(58)65)49-20-10-18-47(39-49)48-19-11-23-53(40-48)70-73-68(45-15-2-1-3-16-45)72-69(74-70)46-35-33-44(34-36-46)57-37-38-64-60-27-8-7-26-59(60)63-32-14-31-62(57)67(63)64/h1-42H. The zero-order valence-electron chi connectivity index (χ0n) is 40.0. The second-order valence-corrected chi connectivity index (χ2v) is 19.0. The smallest absolute Gasteiger partial charge is 0.164 e. The third-order valence-corrected chi connectivity index (χ3v) is 14.7. The van der Waals surface area contributed by atoms with E-state index in [-0.39, 0.29) is 0 Å². The molecule has 0 unspecified atom stereocenters. The normalized spacial score (nSPS) is 11.5. The molecule has 0 saturated carbocycles. The molecule has 4 nitrogen and oxygen atoms in total. The number of benzene rings is 12. The molecule has 0 atom stereocenters. The van der Waals surface area contributed by atoms with Gasteiger partial charge in [-0.15, -0.1) is 0 Å². The Morgan fingerprint density at radius 2 is 0.662 bits per heavy atom. The van der Waals surface area contributed by atoms with Crippen LogP contribution < -0.4 is 0 Å². The molecular formula is C70H42N4. The van der Waals surface area contributed by atoms with Gasteiger partial charge < -0.3 is 0 Å². The topological polar surface area (TPSA) is 62.5 Å². The highest BCUT2D eigenvalue weighted by molar-refractivity contribution is 6.19. The van der Waals surface area contributed by atoms with Crippen LogP contribution in [0.3, 0.4) is 0 Å². The lowest BCUT2D eigenvalue weighted by Crippen LogP contribution is -2.00. The summed E-state index contributed by atoms with van der Waals surface area (Å²) in [5.41, 5.74) is 18.8. The van der Waals surface area contributed by atoms with E-state index in [4.69, 9.17) is 15.0 Å². The minimum Gasteiger partial charge on any atom is -0.208 e. The van der Waals surface area contributed by atoms with Gasteiger partial charge in [0.15, 0.2) is 17.5 Å². The summed E-state index contributed by atoms with van der Waals surface area (Å²) >= 11 is 0. The Kier molecular flexibility index (Phi) is 10.2. The van der Waals surface area contributed by atoms with Crippen LogP contribution in [0.2, 0.25) is 0 Å². The number of hydrogen-bond acceptors (Lipinski definition) is 4. The Hall–Kier alpha value is -10.1. The van der Waals surface area contributed by atoms with Gasteiger partial charge in [0, 0.05) is 27.8 Å². The van der Waals surface area contributed by atoms with Crippen LogP contribution >= 0.6 is 0 Å². The Morgan fingerprint density at radius 3 is 1.35 bits per heavy atom. The van der Waals surface area contributed by atoms with Crippen LogP contribution in [0.4, 0.5) is 0 Å². The Bertz CT molecular complexity index is 4400. The molecule has 1 heterocycles. The summed E-state index contributed by atoms with van der Waals surface area (Å²) in [4.78, 5) is 15.3. The lowest BCUT2D eigenvalue weighted by molar-refractivity contribution is 1.07. The molecule has 4 heteroatoms. The van der Waals surface area contributed by atoms with Crippen molar-refractivity contribution in [2.45, 2.75) is 0 Å². The quantitative estimate of drug-likeness (QED) is 0.142. The molecule has 342 valence electrons. The summed E-state index contributed by atoms with van der Waals surface area (Å²) in [5, 5.41) is 18.3. The zero-order chi connectivity index (χ0) is 49.1. The van der Waals surface area contributed by atoms with Crippen molar-refractivity contribution in [2.75, 3.05) is 0 Å². The second-order valence-electron chi connectivity index (χ2n) is 19.0.